The first-order valence-corrected chi connectivity index (χ1v) is 6.60. The van der Waals surface area contributed by atoms with E-state index in [2.05, 4.69) is 16.5 Å². The van der Waals surface area contributed by atoms with Crippen LogP contribution in [0.25, 0.3) is 11.0 Å². The van der Waals surface area contributed by atoms with E-state index in [9.17, 15) is 4.39 Å². The van der Waals surface area contributed by atoms with Crippen molar-refractivity contribution in [3.63, 3.8) is 0 Å². The summed E-state index contributed by atoms with van der Waals surface area (Å²) in [6, 6.07) is 5.12. The second-order valence-corrected chi connectivity index (χ2v) is 5.12. The molecule has 2 aromatic rings. The molecule has 0 saturated heterocycles. The summed E-state index contributed by atoms with van der Waals surface area (Å²) < 4.78 is 15.4. The minimum atomic E-state index is -0.224. The first-order chi connectivity index (χ1) is 8.69. The molecule has 1 aliphatic rings. The fraction of sp³-hybridized carbons (Fsp3) is 0.500. The number of imidazole rings is 1. The largest absolute Gasteiger partial charge is 0.328 e. The highest BCUT2D eigenvalue weighted by Gasteiger charge is 2.27. The van der Waals surface area contributed by atoms with E-state index in [-0.39, 0.29) is 11.9 Å². The Morgan fingerprint density at radius 2 is 2.28 bits per heavy atom. The van der Waals surface area contributed by atoms with Crippen LogP contribution in [0.4, 0.5) is 4.39 Å². The average molecular weight is 247 g/mol. The molecule has 2 unspecified atom stereocenters. The lowest BCUT2D eigenvalue weighted by atomic mass is 10.1. The molecule has 0 bridgehead atoms. The first kappa shape index (κ1) is 11.7. The van der Waals surface area contributed by atoms with E-state index in [0.29, 0.717) is 5.92 Å². The summed E-state index contributed by atoms with van der Waals surface area (Å²) >= 11 is 0. The van der Waals surface area contributed by atoms with Crippen LogP contribution in [0.3, 0.4) is 0 Å². The SMILES string of the molecule is CCn1c(C2CCC(N)C2)nc2cc(F)ccc21. The van der Waals surface area contributed by atoms with Gasteiger partial charge in [0, 0.05) is 24.6 Å². The van der Waals surface area contributed by atoms with Crippen molar-refractivity contribution in [2.45, 2.75) is 44.7 Å². The molecule has 0 spiro atoms. The van der Waals surface area contributed by atoms with Crippen molar-refractivity contribution in [3.8, 4) is 0 Å². The smallest absolute Gasteiger partial charge is 0.125 e. The van der Waals surface area contributed by atoms with Crippen LogP contribution < -0.4 is 5.73 Å². The minimum absolute atomic E-state index is 0.224. The van der Waals surface area contributed by atoms with Crippen molar-refractivity contribution < 1.29 is 4.39 Å². The summed E-state index contributed by atoms with van der Waals surface area (Å²) in [6.45, 7) is 2.96. The molecule has 3 nitrogen and oxygen atoms in total. The zero-order chi connectivity index (χ0) is 12.7. The average Bonchev–Trinajstić information content (AvgIpc) is 2.91. The topological polar surface area (TPSA) is 43.8 Å². The van der Waals surface area contributed by atoms with Crippen LogP contribution in [0, 0.1) is 5.82 Å². The lowest BCUT2D eigenvalue weighted by Crippen LogP contribution is -2.15. The van der Waals surface area contributed by atoms with Gasteiger partial charge in [-0.1, -0.05) is 0 Å². The van der Waals surface area contributed by atoms with Gasteiger partial charge >= 0.3 is 0 Å². The number of fused-ring (bicyclic) bond motifs is 1. The summed E-state index contributed by atoms with van der Waals surface area (Å²) in [6.07, 6.45) is 3.14. The van der Waals surface area contributed by atoms with Crippen LogP contribution in [0.1, 0.15) is 37.9 Å². The lowest BCUT2D eigenvalue weighted by Gasteiger charge is -2.11. The van der Waals surface area contributed by atoms with Gasteiger partial charge < -0.3 is 10.3 Å². The van der Waals surface area contributed by atoms with Gasteiger partial charge in [-0.05, 0) is 38.3 Å². The fourth-order valence-electron chi connectivity index (χ4n) is 3.02. The third-order valence-electron chi connectivity index (χ3n) is 3.89. The fourth-order valence-corrected chi connectivity index (χ4v) is 3.02. The number of halogens is 1. The Morgan fingerprint density at radius 1 is 1.44 bits per heavy atom. The van der Waals surface area contributed by atoms with Crippen LogP contribution in [-0.2, 0) is 6.54 Å². The van der Waals surface area contributed by atoms with Crippen molar-refractivity contribution in [1.82, 2.24) is 9.55 Å². The molecule has 1 aromatic heterocycles. The highest BCUT2D eigenvalue weighted by atomic mass is 19.1. The van der Waals surface area contributed by atoms with E-state index in [4.69, 9.17) is 5.73 Å². The minimum Gasteiger partial charge on any atom is -0.328 e. The Balaban J connectivity index is 2.10. The number of nitrogens with zero attached hydrogens (tertiary/aromatic N) is 2. The zero-order valence-electron chi connectivity index (χ0n) is 10.6. The molecule has 0 radical (unpaired) electrons. The Labute approximate surface area is 106 Å². The van der Waals surface area contributed by atoms with Crippen molar-refractivity contribution >= 4 is 11.0 Å². The van der Waals surface area contributed by atoms with Gasteiger partial charge in [0.1, 0.15) is 11.6 Å². The molecule has 4 heteroatoms. The monoisotopic (exact) mass is 247 g/mol. The third kappa shape index (κ3) is 1.81. The molecule has 1 saturated carbocycles. The maximum Gasteiger partial charge on any atom is 0.125 e. The zero-order valence-corrected chi connectivity index (χ0v) is 10.6. The van der Waals surface area contributed by atoms with Gasteiger partial charge in [-0.2, -0.15) is 0 Å². The maximum absolute atomic E-state index is 13.3. The molecule has 96 valence electrons. The third-order valence-corrected chi connectivity index (χ3v) is 3.89. The molecular formula is C14H18FN3. The van der Waals surface area contributed by atoms with Crippen LogP contribution in [0.2, 0.25) is 0 Å². The van der Waals surface area contributed by atoms with Gasteiger partial charge in [-0.15, -0.1) is 0 Å². The van der Waals surface area contributed by atoms with Gasteiger partial charge in [0.25, 0.3) is 0 Å². The summed E-state index contributed by atoms with van der Waals surface area (Å²) in [7, 11) is 0. The Hall–Kier alpha value is -1.42. The standard InChI is InChI=1S/C14H18FN3/c1-2-18-13-6-4-10(15)8-12(13)17-14(18)9-3-5-11(16)7-9/h4,6,8-9,11H,2-3,5,7,16H2,1H3. The highest BCUT2D eigenvalue weighted by Crippen LogP contribution is 2.34. The van der Waals surface area contributed by atoms with Gasteiger partial charge in [-0.3, -0.25) is 0 Å². The van der Waals surface area contributed by atoms with E-state index in [1.807, 2.05) is 6.07 Å². The number of benzene rings is 1. The van der Waals surface area contributed by atoms with E-state index in [1.54, 1.807) is 0 Å². The van der Waals surface area contributed by atoms with Crippen molar-refractivity contribution in [1.29, 1.82) is 0 Å². The van der Waals surface area contributed by atoms with Gasteiger partial charge in [-0.25, -0.2) is 9.37 Å². The van der Waals surface area contributed by atoms with Crippen LogP contribution >= 0.6 is 0 Å². The number of rotatable bonds is 2. The number of nitrogens with two attached hydrogens (primary N) is 1. The highest BCUT2D eigenvalue weighted by molar-refractivity contribution is 5.76. The molecule has 0 amide bonds. The van der Waals surface area contributed by atoms with Crippen LogP contribution in [0.15, 0.2) is 18.2 Å². The van der Waals surface area contributed by atoms with Crippen molar-refractivity contribution in [2.24, 2.45) is 5.73 Å². The normalized spacial score (nSPS) is 23.9. The number of aromatic nitrogens is 2. The summed E-state index contributed by atoms with van der Waals surface area (Å²) in [5.74, 6) is 1.28. The molecule has 3 rings (SSSR count). The quantitative estimate of drug-likeness (QED) is 0.886. The predicted molar refractivity (Wildman–Crippen MR) is 69.9 cm³/mol. The van der Waals surface area contributed by atoms with Crippen molar-refractivity contribution in [2.75, 3.05) is 0 Å². The molecule has 1 heterocycles. The van der Waals surface area contributed by atoms with Crippen LogP contribution in [-0.4, -0.2) is 15.6 Å². The van der Waals surface area contributed by atoms with E-state index < -0.39 is 0 Å². The maximum atomic E-state index is 13.3. The van der Waals surface area contributed by atoms with Gasteiger partial charge in [0.2, 0.25) is 0 Å². The summed E-state index contributed by atoms with van der Waals surface area (Å²) in [5, 5.41) is 0. The Bertz CT molecular complexity index is 576. The second kappa shape index (κ2) is 4.35. The Morgan fingerprint density at radius 3 is 2.94 bits per heavy atom. The summed E-state index contributed by atoms with van der Waals surface area (Å²) in [5.41, 5.74) is 7.75. The van der Waals surface area contributed by atoms with Gasteiger partial charge in [0.15, 0.2) is 0 Å². The Kier molecular flexibility index (Phi) is 2.82. The predicted octanol–water partition coefficient (Wildman–Crippen LogP) is 2.79. The summed E-state index contributed by atoms with van der Waals surface area (Å²) in [4.78, 5) is 4.63. The molecular weight excluding hydrogens is 229 g/mol. The molecule has 1 aromatic carbocycles. The van der Waals surface area contributed by atoms with Crippen LogP contribution in [0.5, 0.6) is 0 Å². The number of hydrogen-bond acceptors (Lipinski definition) is 2. The molecule has 2 N–H and O–H groups in total. The van der Waals surface area contributed by atoms with Gasteiger partial charge in [0.05, 0.1) is 11.0 Å². The van der Waals surface area contributed by atoms with E-state index in [0.717, 1.165) is 42.7 Å². The number of aryl methyl sites for hydroxylation is 1. The first-order valence-electron chi connectivity index (χ1n) is 6.60. The molecule has 1 fully saturated rings. The molecule has 1 aliphatic carbocycles. The lowest BCUT2D eigenvalue weighted by molar-refractivity contribution is 0.598. The molecule has 18 heavy (non-hydrogen) atoms. The molecule has 0 aliphatic heterocycles. The van der Waals surface area contributed by atoms with E-state index in [1.165, 1.54) is 12.1 Å². The van der Waals surface area contributed by atoms with Crippen molar-refractivity contribution in [3.05, 3.63) is 29.8 Å². The molecule has 2 atom stereocenters. The second-order valence-electron chi connectivity index (χ2n) is 5.12. The van der Waals surface area contributed by atoms with E-state index >= 15 is 0 Å². The number of hydrogen-bond donors (Lipinski definition) is 1.